The molecule has 0 saturated heterocycles. The average molecular weight is 474 g/mol. The number of amides is 1. The Morgan fingerprint density at radius 1 is 1.06 bits per heavy atom. The van der Waals surface area contributed by atoms with Gasteiger partial charge in [-0.2, -0.15) is 0 Å². The lowest BCUT2D eigenvalue weighted by atomic mass is 9.88. The Balaban J connectivity index is 0.000000271. The van der Waals surface area contributed by atoms with Crippen LogP contribution in [0.4, 0.5) is 15.9 Å². The second kappa shape index (κ2) is 11.4. The Morgan fingerprint density at radius 3 is 2.43 bits per heavy atom. The topological polar surface area (TPSA) is 99.8 Å². The Morgan fingerprint density at radius 2 is 1.77 bits per heavy atom. The molecule has 1 fully saturated rings. The fraction of sp³-hybridized carbons (Fsp3) is 0.259. The molecule has 180 valence electrons. The molecule has 0 unspecified atom stereocenters. The number of hydrogen-bond donors (Lipinski definition) is 3. The van der Waals surface area contributed by atoms with Crippen molar-refractivity contribution in [3.63, 3.8) is 0 Å². The number of rotatable bonds is 5. The van der Waals surface area contributed by atoms with Crippen LogP contribution < -0.4 is 10.6 Å². The third-order valence-electron chi connectivity index (χ3n) is 6.03. The second-order valence-electron chi connectivity index (χ2n) is 8.49. The molecular formula is C27H28FN5O2. The van der Waals surface area contributed by atoms with Crippen LogP contribution in [0.1, 0.15) is 42.5 Å². The van der Waals surface area contributed by atoms with E-state index in [0.29, 0.717) is 11.8 Å². The number of carbonyl (C=O) groups excluding carboxylic acids is 2. The summed E-state index contributed by atoms with van der Waals surface area (Å²) >= 11 is 0. The fourth-order valence-electron chi connectivity index (χ4n) is 4.04. The number of aromatic amines is 1. The number of aromatic nitrogens is 3. The van der Waals surface area contributed by atoms with E-state index in [0.717, 1.165) is 59.6 Å². The van der Waals surface area contributed by atoms with E-state index in [2.05, 4.69) is 25.6 Å². The monoisotopic (exact) mass is 473 g/mol. The van der Waals surface area contributed by atoms with E-state index in [1.807, 2.05) is 37.4 Å². The number of hydrogen-bond acceptors (Lipinski definition) is 5. The normalized spacial score (nSPS) is 13.5. The molecule has 1 aliphatic carbocycles. The minimum absolute atomic E-state index is 0.145. The van der Waals surface area contributed by atoms with Crippen LogP contribution in [0.2, 0.25) is 0 Å². The molecule has 2 aromatic heterocycles. The van der Waals surface area contributed by atoms with Gasteiger partial charge in [-0.1, -0.05) is 19.3 Å². The Hall–Kier alpha value is -4.07. The molecule has 1 saturated carbocycles. The van der Waals surface area contributed by atoms with E-state index in [-0.39, 0.29) is 17.6 Å². The van der Waals surface area contributed by atoms with Crippen LogP contribution >= 0.6 is 0 Å². The summed E-state index contributed by atoms with van der Waals surface area (Å²) in [6.07, 6.45) is 8.04. The maximum Gasteiger partial charge on any atom is 0.227 e. The third kappa shape index (κ3) is 6.29. The van der Waals surface area contributed by atoms with Gasteiger partial charge in [0.2, 0.25) is 5.91 Å². The second-order valence-corrected chi connectivity index (χ2v) is 8.49. The van der Waals surface area contributed by atoms with Crippen molar-refractivity contribution in [3.8, 4) is 11.4 Å². The Labute approximate surface area is 203 Å². The van der Waals surface area contributed by atoms with Crippen molar-refractivity contribution in [2.24, 2.45) is 5.92 Å². The summed E-state index contributed by atoms with van der Waals surface area (Å²) in [4.78, 5) is 34.6. The van der Waals surface area contributed by atoms with E-state index in [4.69, 9.17) is 0 Å². The smallest absolute Gasteiger partial charge is 0.227 e. The molecule has 2 heterocycles. The van der Waals surface area contributed by atoms with Crippen LogP contribution in [-0.2, 0) is 4.79 Å². The predicted octanol–water partition coefficient (Wildman–Crippen LogP) is 5.82. The van der Waals surface area contributed by atoms with Gasteiger partial charge in [0.15, 0.2) is 0 Å². The maximum atomic E-state index is 12.4. The molecule has 35 heavy (non-hydrogen) atoms. The zero-order chi connectivity index (χ0) is 24.6. The molecule has 1 amide bonds. The van der Waals surface area contributed by atoms with Crippen LogP contribution in [0.15, 0.2) is 60.8 Å². The van der Waals surface area contributed by atoms with Gasteiger partial charge in [0.25, 0.3) is 0 Å². The van der Waals surface area contributed by atoms with Gasteiger partial charge in [0, 0.05) is 35.8 Å². The van der Waals surface area contributed by atoms with Gasteiger partial charge in [-0.05, 0) is 61.4 Å². The zero-order valence-electron chi connectivity index (χ0n) is 19.6. The van der Waals surface area contributed by atoms with Crippen molar-refractivity contribution in [1.82, 2.24) is 15.0 Å². The standard InChI is InChI=1S/C20H23N5O.C7H5FO/c1-21-18-11-16-17(12-22-18)25-19(24-16)13-7-9-15(10-8-13)23-20(26)14-5-3-2-4-6-14;8-7-3-1-6(5-9)2-4-7/h7-12,14H,2-6H2,1H3,(H,21,22)(H,23,26)(H,24,25);1-5H. The van der Waals surface area contributed by atoms with Crippen molar-refractivity contribution in [2.45, 2.75) is 32.1 Å². The van der Waals surface area contributed by atoms with Crippen LogP contribution in [0, 0.1) is 11.7 Å². The molecule has 7 nitrogen and oxygen atoms in total. The van der Waals surface area contributed by atoms with E-state index < -0.39 is 0 Å². The number of halogens is 1. The molecule has 5 rings (SSSR count). The van der Waals surface area contributed by atoms with Crippen LogP contribution in [-0.4, -0.2) is 34.2 Å². The van der Waals surface area contributed by atoms with Gasteiger partial charge in [0.05, 0.1) is 17.2 Å². The summed E-state index contributed by atoms with van der Waals surface area (Å²) in [5, 5.41) is 6.06. The van der Waals surface area contributed by atoms with Crippen molar-refractivity contribution in [2.75, 3.05) is 17.7 Å². The van der Waals surface area contributed by atoms with Gasteiger partial charge in [-0.25, -0.2) is 14.4 Å². The number of anilines is 2. The first-order valence-corrected chi connectivity index (χ1v) is 11.7. The van der Waals surface area contributed by atoms with E-state index >= 15 is 0 Å². The minimum Gasteiger partial charge on any atom is -0.373 e. The lowest BCUT2D eigenvalue weighted by molar-refractivity contribution is -0.120. The van der Waals surface area contributed by atoms with Gasteiger partial charge in [0.1, 0.15) is 23.7 Å². The molecule has 0 radical (unpaired) electrons. The molecule has 0 aliphatic heterocycles. The summed E-state index contributed by atoms with van der Waals surface area (Å²) in [5.41, 5.74) is 4.07. The maximum absolute atomic E-state index is 12.4. The number of pyridine rings is 1. The number of aldehydes is 1. The lowest BCUT2D eigenvalue weighted by Crippen LogP contribution is -2.24. The summed E-state index contributed by atoms with van der Waals surface area (Å²) in [6, 6.07) is 15.1. The SMILES string of the molecule is CNc1cc2nc(-c3ccc(NC(=O)C4CCCCC4)cc3)[nH]c2cn1.O=Cc1ccc(F)cc1. The van der Waals surface area contributed by atoms with Gasteiger partial charge in [-0.15, -0.1) is 0 Å². The average Bonchev–Trinajstić information content (AvgIpc) is 3.34. The van der Waals surface area contributed by atoms with Crippen LogP contribution in [0.3, 0.4) is 0 Å². The summed E-state index contributed by atoms with van der Waals surface area (Å²) < 4.78 is 12.1. The molecule has 0 spiro atoms. The fourth-order valence-corrected chi connectivity index (χ4v) is 4.04. The first-order valence-electron chi connectivity index (χ1n) is 11.7. The number of H-pyrrole nitrogens is 1. The number of fused-ring (bicyclic) bond motifs is 1. The molecule has 0 bridgehead atoms. The largest absolute Gasteiger partial charge is 0.373 e. The number of nitrogens with zero attached hydrogens (tertiary/aromatic N) is 2. The van der Waals surface area contributed by atoms with E-state index in [1.54, 1.807) is 6.20 Å². The summed E-state index contributed by atoms with van der Waals surface area (Å²) in [5.74, 6) is 1.57. The van der Waals surface area contributed by atoms with Gasteiger partial charge < -0.3 is 15.6 Å². The van der Waals surface area contributed by atoms with Gasteiger partial charge >= 0.3 is 0 Å². The molecular weight excluding hydrogens is 445 g/mol. The number of imidazole rings is 1. The summed E-state index contributed by atoms with van der Waals surface area (Å²) in [7, 11) is 1.84. The van der Waals surface area contributed by atoms with E-state index in [1.165, 1.54) is 30.7 Å². The molecule has 8 heteroatoms. The number of carbonyl (C=O) groups is 2. The minimum atomic E-state index is -0.319. The molecule has 2 aromatic carbocycles. The zero-order valence-corrected chi connectivity index (χ0v) is 19.6. The highest BCUT2D eigenvalue weighted by atomic mass is 19.1. The van der Waals surface area contributed by atoms with Gasteiger partial charge in [-0.3, -0.25) is 9.59 Å². The number of benzene rings is 2. The molecule has 4 aromatic rings. The Kier molecular flexibility index (Phi) is 7.82. The van der Waals surface area contributed by atoms with Crippen LogP contribution in [0.25, 0.3) is 22.4 Å². The first kappa shape index (κ1) is 24.1. The molecule has 3 N–H and O–H groups in total. The van der Waals surface area contributed by atoms with Crippen molar-refractivity contribution < 1.29 is 14.0 Å². The van der Waals surface area contributed by atoms with Crippen molar-refractivity contribution >= 4 is 34.7 Å². The lowest BCUT2D eigenvalue weighted by Gasteiger charge is -2.20. The molecule has 1 aliphatic rings. The highest BCUT2D eigenvalue weighted by molar-refractivity contribution is 5.92. The van der Waals surface area contributed by atoms with Crippen LogP contribution in [0.5, 0.6) is 0 Å². The van der Waals surface area contributed by atoms with Crippen molar-refractivity contribution in [3.05, 3.63) is 72.2 Å². The highest BCUT2D eigenvalue weighted by Gasteiger charge is 2.21. The third-order valence-corrected chi connectivity index (χ3v) is 6.03. The predicted molar refractivity (Wildman–Crippen MR) is 136 cm³/mol. The van der Waals surface area contributed by atoms with Crippen molar-refractivity contribution in [1.29, 1.82) is 0 Å². The Bertz CT molecular complexity index is 1280. The van der Waals surface area contributed by atoms with E-state index in [9.17, 15) is 14.0 Å². The molecule has 0 atom stereocenters. The highest BCUT2D eigenvalue weighted by Crippen LogP contribution is 2.26. The summed E-state index contributed by atoms with van der Waals surface area (Å²) in [6.45, 7) is 0. The number of nitrogens with one attached hydrogen (secondary N) is 3. The quantitative estimate of drug-likeness (QED) is 0.317. The first-order chi connectivity index (χ1) is 17.1.